The Morgan fingerprint density at radius 2 is 2.50 bits per heavy atom. The number of nitrogens with one attached hydrogen (secondary N) is 1. The van der Waals surface area contributed by atoms with Gasteiger partial charge in [-0.3, -0.25) is 4.68 Å². The van der Waals surface area contributed by atoms with E-state index in [9.17, 15) is 0 Å². The number of likely N-dealkylation sites (N-methyl/N-ethyl adjacent to an activating group) is 1. The predicted molar refractivity (Wildman–Crippen MR) is 54.2 cm³/mol. The zero-order valence-electron chi connectivity index (χ0n) is 8.73. The summed E-state index contributed by atoms with van der Waals surface area (Å²) < 4.78 is 7.43. The van der Waals surface area contributed by atoms with Crippen molar-refractivity contribution in [3.05, 3.63) is 18.0 Å². The van der Waals surface area contributed by atoms with E-state index in [-0.39, 0.29) is 0 Å². The van der Waals surface area contributed by atoms with Crippen molar-refractivity contribution < 1.29 is 4.74 Å². The zero-order chi connectivity index (χ0) is 9.97. The number of aryl methyl sites for hydroxylation is 1. The van der Waals surface area contributed by atoms with E-state index >= 15 is 0 Å². The van der Waals surface area contributed by atoms with Crippen LogP contribution in [-0.4, -0.2) is 35.6 Å². The van der Waals surface area contributed by atoms with Crippen LogP contribution in [0.5, 0.6) is 0 Å². The lowest BCUT2D eigenvalue weighted by Gasteiger charge is -2.18. The fourth-order valence-electron chi connectivity index (χ4n) is 2.06. The third-order valence-electron chi connectivity index (χ3n) is 2.79. The molecule has 2 rings (SSSR count). The van der Waals surface area contributed by atoms with Crippen LogP contribution in [-0.2, 0) is 11.8 Å². The third kappa shape index (κ3) is 1.67. The summed E-state index contributed by atoms with van der Waals surface area (Å²) in [6, 6.07) is 2.51. The van der Waals surface area contributed by atoms with Gasteiger partial charge >= 0.3 is 0 Å². The van der Waals surface area contributed by atoms with Crippen LogP contribution in [0.2, 0.25) is 0 Å². The summed E-state index contributed by atoms with van der Waals surface area (Å²) in [5.74, 6) is 0.447. The fourth-order valence-corrected chi connectivity index (χ4v) is 2.06. The molecule has 14 heavy (non-hydrogen) atoms. The molecule has 0 saturated carbocycles. The van der Waals surface area contributed by atoms with Crippen molar-refractivity contribution in [3.63, 3.8) is 0 Å². The molecule has 2 heterocycles. The maximum atomic E-state index is 5.50. The molecule has 78 valence electrons. The molecule has 1 aliphatic rings. The van der Waals surface area contributed by atoms with Crippen molar-refractivity contribution in [2.75, 3.05) is 19.8 Å². The maximum Gasteiger partial charge on any atom is 0.0627 e. The van der Waals surface area contributed by atoms with E-state index in [4.69, 9.17) is 4.74 Å². The maximum absolute atomic E-state index is 5.50. The second kappa shape index (κ2) is 4.11. The average molecular weight is 195 g/mol. The minimum absolute atomic E-state index is 0.440. The average Bonchev–Trinajstić information content (AvgIpc) is 2.74. The van der Waals surface area contributed by atoms with Crippen LogP contribution < -0.4 is 5.32 Å². The summed E-state index contributed by atoms with van der Waals surface area (Å²) in [4.78, 5) is 0. The van der Waals surface area contributed by atoms with E-state index in [0.29, 0.717) is 12.0 Å². The lowest BCUT2D eigenvalue weighted by molar-refractivity contribution is 0.187. The molecule has 1 aromatic heterocycles. The Morgan fingerprint density at radius 1 is 1.64 bits per heavy atom. The molecule has 1 aliphatic heterocycles. The van der Waals surface area contributed by atoms with E-state index in [2.05, 4.69) is 23.4 Å². The van der Waals surface area contributed by atoms with Crippen LogP contribution in [0.25, 0.3) is 0 Å². The second-order valence-corrected chi connectivity index (χ2v) is 3.69. The molecule has 0 amide bonds. The molecular formula is C10H17N3O. The monoisotopic (exact) mass is 195 g/mol. The van der Waals surface area contributed by atoms with Crippen LogP contribution in [0.3, 0.4) is 0 Å². The van der Waals surface area contributed by atoms with Gasteiger partial charge in [0.15, 0.2) is 0 Å². The first-order valence-electron chi connectivity index (χ1n) is 5.12. The van der Waals surface area contributed by atoms with Crippen LogP contribution in [0.4, 0.5) is 0 Å². The van der Waals surface area contributed by atoms with E-state index in [1.807, 2.05) is 17.9 Å². The summed E-state index contributed by atoms with van der Waals surface area (Å²) >= 11 is 0. The topological polar surface area (TPSA) is 39.1 Å². The molecule has 1 N–H and O–H groups in total. The van der Waals surface area contributed by atoms with Gasteiger partial charge in [0.2, 0.25) is 0 Å². The fraction of sp³-hybridized carbons (Fsp3) is 0.700. The Hall–Kier alpha value is -0.870. The van der Waals surface area contributed by atoms with Crippen molar-refractivity contribution in [3.8, 4) is 0 Å². The molecule has 4 heteroatoms. The summed E-state index contributed by atoms with van der Waals surface area (Å²) in [5, 5.41) is 7.63. The molecule has 0 bridgehead atoms. The van der Waals surface area contributed by atoms with E-state index < -0.39 is 0 Å². The first-order valence-corrected chi connectivity index (χ1v) is 5.12. The van der Waals surface area contributed by atoms with Crippen molar-refractivity contribution in [1.82, 2.24) is 15.1 Å². The Morgan fingerprint density at radius 3 is 3.14 bits per heavy atom. The molecule has 1 fully saturated rings. The Labute approximate surface area is 84.3 Å². The summed E-state index contributed by atoms with van der Waals surface area (Å²) in [6.07, 6.45) is 1.84. The lowest BCUT2D eigenvalue weighted by atomic mass is 10.00. The molecule has 4 nitrogen and oxygen atoms in total. The van der Waals surface area contributed by atoms with Gasteiger partial charge in [0.1, 0.15) is 0 Å². The van der Waals surface area contributed by atoms with Gasteiger partial charge < -0.3 is 10.1 Å². The molecule has 0 aromatic carbocycles. The highest BCUT2D eigenvalue weighted by atomic mass is 16.5. The highest BCUT2D eigenvalue weighted by molar-refractivity contribution is 5.12. The molecule has 0 spiro atoms. The van der Waals surface area contributed by atoms with Gasteiger partial charge in [-0.25, -0.2) is 0 Å². The molecule has 1 saturated heterocycles. The van der Waals surface area contributed by atoms with Gasteiger partial charge in [0.05, 0.1) is 13.2 Å². The predicted octanol–water partition coefficient (Wildman–Crippen LogP) is 0.512. The second-order valence-electron chi connectivity index (χ2n) is 3.69. The van der Waals surface area contributed by atoms with Gasteiger partial charge in [-0.05, 0) is 12.6 Å². The van der Waals surface area contributed by atoms with Crippen LogP contribution in [0.15, 0.2) is 12.3 Å². The largest absolute Gasteiger partial charge is 0.379 e. The normalized spacial score (nSPS) is 27.0. The van der Waals surface area contributed by atoms with Crippen molar-refractivity contribution in [2.24, 2.45) is 7.05 Å². The first kappa shape index (κ1) is 9.68. The van der Waals surface area contributed by atoms with Gasteiger partial charge in [-0.2, -0.15) is 5.10 Å². The van der Waals surface area contributed by atoms with Gasteiger partial charge in [-0.1, -0.05) is 6.92 Å². The Bertz CT molecular complexity index is 297. The van der Waals surface area contributed by atoms with Crippen LogP contribution >= 0.6 is 0 Å². The van der Waals surface area contributed by atoms with Crippen LogP contribution in [0, 0.1) is 0 Å². The smallest absolute Gasteiger partial charge is 0.0627 e. The number of hydrogen-bond acceptors (Lipinski definition) is 3. The van der Waals surface area contributed by atoms with Gasteiger partial charge in [0, 0.05) is 30.9 Å². The minimum atomic E-state index is 0.440. The van der Waals surface area contributed by atoms with E-state index in [0.717, 1.165) is 19.8 Å². The number of rotatable bonds is 3. The van der Waals surface area contributed by atoms with Crippen molar-refractivity contribution in [2.45, 2.75) is 18.9 Å². The van der Waals surface area contributed by atoms with Gasteiger partial charge in [0.25, 0.3) is 0 Å². The quantitative estimate of drug-likeness (QED) is 0.764. The van der Waals surface area contributed by atoms with Gasteiger partial charge in [-0.15, -0.1) is 0 Å². The van der Waals surface area contributed by atoms with E-state index in [1.54, 1.807) is 0 Å². The summed E-state index contributed by atoms with van der Waals surface area (Å²) in [5.41, 5.74) is 1.26. The zero-order valence-corrected chi connectivity index (χ0v) is 8.73. The summed E-state index contributed by atoms with van der Waals surface area (Å²) in [6.45, 7) is 4.72. The number of aromatic nitrogens is 2. The van der Waals surface area contributed by atoms with E-state index in [1.165, 1.54) is 5.69 Å². The molecule has 2 atom stereocenters. The molecule has 1 aromatic rings. The SMILES string of the molecule is CCNC1COCC1c1ccnn1C. The number of ether oxygens (including phenoxy) is 1. The Balaban J connectivity index is 2.13. The lowest BCUT2D eigenvalue weighted by Crippen LogP contribution is -2.34. The van der Waals surface area contributed by atoms with Crippen molar-refractivity contribution in [1.29, 1.82) is 0 Å². The standard InChI is InChI=1S/C10H17N3O/c1-3-11-9-7-14-6-8(9)10-4-5-12-13(10)2/h4-5,8-9,11H,3,6-7H2,1-2H3. The highest BCUT2D eigenvalue weighted by Crippen LogP contribution is 2.24. The highest BCUT2D eigenvalue weighted by Gasteiger charge is 2.30. The van der Waals surface area contributed by atoms with Crippen LogP contribution in [0.1, 0.15) is 18.5 Å². The summed E-state index contributed by atoms with van der Waals surface area (Å²) in [7, 11) is 1.98. The molecule has 2 unspecified atom stereocenters. The molecule has 0 radical (unpaired) electrons. The minimum Gasteiger partial charge on any atom is -0.379 e. The number of nitrogens with zero attached hydrogens (tertiary/aromatic N) is 2. The molecule has 0 aliphatic carbocycles. The first-order chi connectivity index (χ1) is 6.83. The van der Waals surface area contributed by atoms with Crippen molar-refractivity contribution >= 4 is 0 Å². The molecular weight excluding hydrogens is 178 g/mol. The number of hydrogen-bond donors (Lipinski definition) is 1. The Kier molecular flexibility index (Phi) is 2.84. The third-order valence-corrected chi connectivity index (χ3v) is 2.79.